The van der Waals surface area contributed by atoms with Gasteiger partial charge in [-0.15, -0.1) is 0 Å². The smallest absolute Gasteiger partial charge is 0.242 e. The van der Waals surface area contributed by atoms with Gasteiger partial charge in [0.15, 0.2) is 0 Å². The molecule has 0 aromatic heterocycles. The molecule has 25 heavy (non-hydrogen) atoms. The third-order valence-corrected chi connectivity index (χ3v) is 5.83. The number of nitrogens with one attached hydrogen (secondary N) is 1. The number of aryl methyl sites for hydroxylation is 1. The van der Waals surface area contributed by atoms with E-state index in [0.717, 1.165) is 11.1 Å². The summed E-state index contributed by atoms with van der Waals surface area (Å²) >= 11 is 5.83. The van der Waals surface area contributed by atoms with Crippen LogP contribution in [0.25, 0.3) is 0 Å². The molecule has 0 spiro atoms. The predicted octanol–water partition coefficient (Wildman–Crippen LogP) is 2.84. The van der Waals surface area contributed by atoms with Crippen molar-refractivity contribution in [3.8, 4) is 0 Å². The number of sulfonamides is 1. The number of hydrogen-bond acceptors (Lipinski definition) is 3. The highest BCUT2D eigenvalue weighted by Crippen LogP contribution is 2.14. The van der Waals surface area contributed by atoms with Gasteiger partial charge in [-0.3, -0.25) is 4.79 Å². The van der Waals surface area contributed by atoms with Crippen LogP contribution in [0.2, 0.25) is 5.02 Å². The van der Waals surface area contributed by atoms with E-state index in [1.165, 1.54) is 18.4 Å². The average Bonchev–Trinajstić information content (AvgIpc) is 2.59. The minimum atomic E-state index is -3.43. The second kappa shape index (κ2) is 8.47. The van der Waals surface area contributed by atoms with E-state index in [4.69, 9.17) is 11.6 Å². The van der Waals surface area contributed by atoms with Crippen LogP contribution in [0.5, 0.6) is 0 Å². The molecule has 0 aliphatic carbocycles. The van der Waals surface area contributed by atoms with Crippen LogP contribution in [-0.2, 0) is 27.8 Å². The molecule has 2 aromatic carbocycles. The first kappa shape index (κ1) is 19.4. The number of nitrogens with zero attached hydrogens (tertiary/aromatic N) is 1. The molecule has 0 fully saturated rings. The van der Waals surface area contributed by atoms with Crippen molar-refractivity contribution >= 4 is 27.5 Å². The van der Waals surface area contributed by atoms with E-state index >= 15 is 0 Å². The Morgan fingerprint density at radius 2 is 1.56 bits per heavy atom. The molecule has 2 rings (SSSR count). The van der Waals surface area contributed by atoms with E-state index in [0.29, 0.717) is 24.4 Å². The zero-order valence-electron chi connectivity index (χ0n) is 14.2. The van der Waals surface area contributed by atoms with E-state index in [9.17, 15) is 13.2 Å². The topological polar surface area (TPSA) is 66.5 Å². The minimum absolute atomic E-state index is 0.0556. The highest BCUT2D eigenvalue weighted by Gasteiger charge is 2.16. The molecular weight excluding hydrogens is 360 g/mol. The van der Waals surface area contributed by atoms with Gasteiger partial charge in [0.2, 0.25) is 15.9 Å². The van der Waals surface area contributed by atoms with E-state index < -0.39 is 10.0 Å². The van der Waals surface area contributed by atoms with E-state index in [1.54, 1.807) is 36.4 Å². The number of amides is 1. The third-order valence-electron chi connectivity index (χ3n) is 3.75. The van der Waals surface area contributed by atoms with Crippen molar-refractivity contribution in [1.82, 2.24) is 9.62 Å². The van der Waals surface area contributed by atoms with Crippen LogP contribution in [0.3, 0.4) is 0 Å². The van der Waals surface area contributed by atoms with Crippen LogP contribution in [0, 0.1) is 0 Å². The maximum absolute atomic E-state index is 12.0. The van der Waals surface area contributed by atoms with Crippen LogP contribution in [0.4, 0.5) is 0 Å². The molecule has 0 bridgehead atoms. The molecule has 2 aromatic rings. The van der Waals surface area contributed by atoms with Gasteiger partial charge in [0.05, 0.1) is 4.90 Å². The SMILES string of the molecule is CN(C)S(=O)(=O)c1ccc(CNC(=O)CCc2ccc(Cl)cc2)cc1. The monoisotopic (exact) mass is 380 g/mol. The van der Waals surface area contributed by atoms with E-state index in [-0.39, 0.29) is 10.8 Å². The molecule has 0 heterocycles. The van der Waals surface area contributed by atoms with E-state index in [1.807, 2.05) is 12.1 Å². The fourth-order valence-electron chi connectivity index (χ4n) is 2.19. The Labute approximate surface area is 153 Å². The van der Waals surface area contributed by atoms with Gasteiger partial charge in [0.25, 0.3) is 0 Å². The fraction of sp³-hybridized carbons (Fsp3) is 0.278. The summed E-state index contributed by atoms with van der Waals surface area (Å²) in [7, 11) is -0.450. The molecule has 0 aliphatic rings. The number of halogens is 1. The van der Waals surface area contributed by atoms with Gasteiger partial charge >= 0.3 is 0 Å². The number of hydrogen-bond donors (Lipinski definition) is 1. The Balaban J connectivity index is 1.84. The highest BCUT2D eigenvalue weighted by atomic mass is 35.5. The molecule has 134 valence electrons. The van der Waals surface area contributed by atoms with Gasteiger partial charge in [-0.25, -0.2) is 12.7 Å². The molecule has 0 aliphatic heterocycles. The summed E-state index contributed by atoms with van der Waals surface area (Å²) in [4.78, 5) is 12.2. The largest absolute Gasteiger partial charge is 0.352 e. The lowest BCUT2D eigenvalue weighted by Crippen LogP contribution is -2.23. The van der Waals surface area contributed by atoms with Crippen LogP contribution in [-0.4, -0.2) is 32.7 Å². The van der Waals surface area contributed by atoms with Crippen molar-refractivity contribution in [2.24, 2.45) is 0 Å². The lowest BCUT2D eigenvalue weighted by Gasteiger charge is -2.12. The van der Waals surface area contributed by atoms with Crippen molar-refractivity contribution in [2.75, 3.05) is 14.1 Å². The van der Waals surface area contributed by atoms with Gasteiger partial charge in [0.1, 0.15) is 0 Å². The molecule has 1 amide bonds. The van der Waals surface area contributed by atoms with Gasteiger partial charge in [-0.2, -0.15) is 0 Å². The van der Waals surface area contributed by atoms with Crippen molar-refractivity contribution in [3.05, 3.63) is 64.7 Å². The third kappa shape index (κ3) is 5.56. The molecule has 0 saturated heterocycles. The lowest BCUT2D eigenvalue weighted by molar-refractivity contribution is -0.121. The zero-order chi connectivity index (χ0) is 18.4. The minimum Gasteiger partial charge on any atom is -0.352 e. The molecule has 0 saturated carbocycles. The lowest BCUT2D eigenvalue weighted by atomic mass is 10.1. The molecule has 7 heteroatoms. The van der Waals surface area contributed by atoms with Gasteiger partial charge in [0, 0.05) is 32.1 Å². The summed E-state index contributed by atoms with van der Waals surface area (Å²) in [5.41, 5.74) is 1.90. The molecule has 0 atom stereocenters. The second-order valence-electron chi connectivity index (χ2n) is 5.83. The summed E-state index contributed by atoms with van der Waals surface area (Å²) in [6.45, 7) is 0.363. The quantitative estimate of drug-likeness (QED) is 0.803. The van der Waals surface area contributed by atoms with Gasteiger partial charge in [-0.1, -0.05) is 35.9 Å². The number of benzene rings is 2. The van der Waals surface area contributed by atoms with Crippen LogP contribution in [0.15, 0.2) is 53.4 Å². The number of carbonyl (C=O) groups excluding carboxylic acids is 1. The normalized spacial score (nSPS) is 11.5. The Morgan fingerprint density at radius 1 is 1.00 bits per heavy atom. The Morgan fingerprint density at radius 3 is 2.12 bits per heavy atom. The highest BCUT2D eigenvalue weighted by molar-refractivity contribution is 7.89. The van der Waals surface area contributed by atoms with Crippen molar-refractivity contribution in [1.29, 1.82) is 0 Å². The molecule has 5 nitrogen and oxygen atoms in total. The standard InChI is InChI=1S/C18H21ClN2O3S/c1-21(2)25(23,24)17-10-5-15(6-11-17)13-20-18(22)12-7-14-3-8-16(19)9-4-14/h3-6,8-11H,7,12-13H2,1-2H3,(H,20,22). The molecular formula is C18H21ClN2O3S. The predicted molar refractivity (Wildman–Crippen MR) is 98.9 cm³/mol. The second-order valence-corrected chi connectivity index (χ2v) is 8.42. The Kier molecular flexibility index (Phi) is 6.58. The molecule has 1 N–H and O–H groups in total. The number of carbonyl (C=O) groups is 1. The molecule has 0 radical (unpaired) electrons. The van der Waals surface area contributed by atoms with Crippen LogP contribution in [0.1, 0.15) is 17.5 Å². The summed E-state index contributed by atoms with van der Waals surface area (Å²) in [6.07, 6.45) is 1.03. The van der Waals surface area contributed by atoms with Gasteiger partial charge < -0.3 is 5.32 Å². The summed E-state index contributed by atoms with van der Waals surface area (Å²) in [5, 5.41) is 3.51. The maximum Gasteiger partial charge on any atom is 0.242 e. The zero-order valence-corrected chi connectivity index (χ0v) is 15.8. The Bertz CT molecular complexity index is 816. The average molecular weight is 381 g/mol. The first-order valence-corrected chi connectivity index (χ1v) is 9.63. The van der Waals surface area contributed by atoms with Crippen LogP contribution < -0.4 is 5.32 Å². The van der Waals surface area contributed by atoms with Crippen LogP contribution >= 0.6 is 11.6 Å². The van der Waals surface area contributed by atoms with E-state index in [2.05, 4.69) is 5.32 Å². The van der Waals surface area contributed by atoms with Gasteiger partial charge in [-0.05, 0) is 41.8 Å². The fourth-order valence-corrected chi connectivity index (χ4v) is 3.22. The van der Waals surface area contributed by atoms with Crippen molar-refractivity contribution < 1.29 is 13.2 Å². The molecule has 0 unspecified atom stereocenters. The maximum atomic E-state index is 12.0. The summed E-state index contributed by atoms with van der Waals surface area (Å²) < 4.78 is 25.2. The van der Waals surface area contributed by atoms with Crippen molar-refractivity contribution in [3.63, 3.8) is 0 Å². The summed E-state index contributed by atoms with van der Waals surface area (Å²) in [5.74, 6) is -0.0556. The number of rotatable bonds is 7. The first-order chi connectivity index (χ1) is 11.8. The first-order valence-electron chi connectivity index (χ1n) is 7.81. The van der Waals surface area contributed by atoms with Crippen molar-refractivity contribution in [2.45, 2.75) is 24.3 Å². The summed E-state index contributed by atoms with van der Waals surface area (Å²) in [6, 6.07) is 13.9. The Hall–Kier alpha value is -1.89.